The van der Waals surface area contributed by atoms with E-state index in [0.717, 1.165) is 11.8 Å². The summed E-state index contributed by atoms with van der Waals surface area (Å²) >= 11 is 0. The Kier molecular flexibility index (Phi) is 4.11. The number of aliphatic carboxylic acids is 1. The standard InChI is InChI=1S/C13H17NO2/c1-9-7-11(3)12(8-10(9)2)14-6-4-5-13(15)16/h4-5,7-8,14H,6H2,1-3H3,(H,15,16)/b5-4+. The van der Waals surface area contributed by atoms with Gasteiger partial charge in [-0.25, -0.2) is 4.79 Å². The molecular formula is C13H17NO2. The third-order valence-corrected chi connectivity index (χ3v) is 2.51. The van der Waals surface area contributed by atoms with E-state index in [9.17, 15) is 4.79 Å². The van der Waals surface area contributed by atoms with Crippen molar-refractivity contribution in [1.82, 2.24) is 0 Å². The Morgan fingerprint density at radius 2 is 1.88 bits per heavy atom. The summed E-state index contributed by atoms with van der Waals surface area (Å²) in [6.07, 6.45) is 2.74. The van der Waals surface area contributed by atoms with Gasteiger partial charge in [-0.3, -0.25) is 0 Å². The summed E-state index contributed by atoms with van der Waals surface area (Å²) in [6, 6.07) is 4.21. The largest absolute Gasteiger partial charge is 0.478 e. The Bertz CT molecular complexity index is 422. The molecule has 0 aromatic heterocycles. The summed E-state index contributed by atoms with van der Waals surface area (Å²) in [4.78, 5) is 10.3. The van der Waals surface area contributed by atoms with Crippen LogP contribution in [0.3, 0.4) is 0 Å². The minimum Gasteiger partial charge on any atom is -0.478 e. The van der Waals surface area contributed by atoms with Gasteiger partial charge < -0.3 is 10.4 Å². The van der Waals surface area contributed by atoms with Gasteiger partial charge in [-0.05, 0) is 43.5 Å². The van der Waals surface area contributed by atoms with Crippen LogP contribution in [0.15, 0.2) is 24.3 Å². The highest BCUT2D eigenvalue weighted by molar-refractivity contribution is 5.79. The molecule has 0 atom stereocenters. The van der Waals surface area contributed by atoms with Crippen molar-refractivity contribution in [3.05, 3.63) is 41.0 Å². The van der Waals surface area contributed by atoms with Crippen LogP contribution in [0.25, 0.3) is 0 Å². The Labute approximate surface area is 95.8 Å². The molecule has 0 bridgehead atoms. The monoisotopic (exact) mass is 219 g/mol. The van der Waals surface area contributed by atoms with E-state index in [1.807, 2.05) is 6.92 Å². The third kappa shape index (κ3) is 3.42. The summed E-state index contributed by atoms with van der Waals surface area (Å²) < 4.78 is 0. The molecule has 0 aliphatic heterocycles. The van der Waals surface area contributed by atoms with Crippen LogP contribution in [0.5, 0.6) is 0 Å². The number of anilines is 1. The van der Waals surface area contributed by atoms with Crippen LogP contribution in [0.4, 0.5) is 5.69 Å². The van der Waals surface area contributed by atoms with E-state index in [4.69, 9.17) is 5.11 Å². The highest BCUT2D eigenvalue weighted by atomic mass is 16.4. The summed E-state index contributed by atoms with van der Waals surface area (Å²) in [5, 5.41) is 11.6. The molecule has 0 fully saturated rings. The minimum atomic E-state index is -0.918. The molecule has 3 heteroatoms. The molecular weight excluding hydrogens is 202 g/mol. The second kappa shape index (κ2) is 5.35. The van der Waals surface area contributed by atoms with Crippen molar-refractivity contribution in [2.75, 3.05) is 11.9 Å². The van der Waals surface area contributed by atoms with E-state index < -0.39 is 5.97 Å². The Morgan fingerprint density at radius 3 is 2.50 bits per heavy atom. The van der Waals surface area contributed by atoms with Crippen molar-refractivity contribution in [2.24, 2.45) is 0 Å². The van der Waals surface area contributed by atoms with E-state index in [2.05, 4.69) is 31.3 Å². The van der Waals surface area contributed by atoms with Crippen molar-refractivity contribution in [1.29, 1.82) is 0 Å². The molecule has 86 valence electrons. The van der Waals surface area contributed by atoms with Crippen molar-refractivity contribution < 1.29 is 9.90 Å². The number of carbonyl (C=O) groups is 1. The van der Waals surface area contributed by atoms with Gasteiger partial charge in [0.2, 0.25) is 0 Å². The molecule has 0 aliphatic rings. The summed E-state index contributed by atoms with van der Waals surface area (Å²) in [5.74, 6) is -0.918. The van der Waals surface area contributed by atoms with E-state index >= 15 is 0 Å². The number of benzene rings is 1. The molecule has 0 aliphatic carbocycles. The summed E-state index contributed by atoms with van der Waals surface area (Å²) in [6.45, 7) is 6.70. The summed E-state index contributed by atoms with van der Waals surface area (Å²) in [5.41, 5.74) is 4.73. The zero-order valence-electron chi connectivity index (χ0n) is 9.87. The van der Waals surface area contributed by atoms with Gasteiger partial charge in [0.25, 0.3) is 0 Å². The van der Waals surface area contributed by atoms with E-state index in [1.165, 1.54) is 16.7 Å². The normalized spacial score (nSPS) is 10.7. The van der Waals surface area contributed by atoms with E-state index in [0.29, 0.717) is 6.54 Å². The van der Waals surface area contributed by atoms with Gasteiger partial charge >= 0.3 is 5.97 Å². The van der Waals surface area contributed by atoms with Gasteiger partial charge in [-0.2, -0.15) is 0 Å². The molecule has 0 radical (unpaired) electrons. The Hall–Kier alpha value is -1.77. The van der Waals surface area contributed by atoms with Gasteiger partial charge in [-0.1, -0.05) is 12.1 Å². The zero-order valence-corrected chi connectivity index (χ0v) is 9.87. The first kappa shape index (κ1) is 12.3. The Morgan fingerprint density at radius 1 is 1.25 bits per heavy atom. The first-order chi connectivity index (χ1) is 7.50. The molecule has 0 saturated heterocycles. The predicted molar refractivity (Wildman–Crippen MR) is 65.9 cm³/mol. The maximum atomic E-state index is 10.3. The first-order valence-electron chi connectivity index (χ1n) is 5.22. The van der Waals surface area contributed by atoms with Gasteiger partial charge in [-0.15, -0.1) is 0 Å². The molecule has 1 aromatic carbocycles. The van der Waals surface area contributed by atoms with Crippen LogP contribution in [-0.2, 0) is 4.79 Å². The molecule has 0 unspecified atom stereocenters. The number of hydrogen-bond donors (Lipinski definition) is 2. The summed E-state index contributed by atoms with van der Waals surface area (Å²) in [7, 11) is 0. The fraction of sp³-hybridized carbons (Fsp3) is 0.308. The molecule has 0 spiro atoms. The molecule has 0 amide bonds. The van der Waals surface area contributed by atoms with Crippen LogP contribution in [-0.4, -0.2) is 17.6 Å². The van der Waals surface area contributed by atoms with Crippen LogP contribution in [0.1, 0.15) is 16.7 Å². The first-order valence-corrected chi connectivity index (χ1v) is 5.22. The van der Waals surface area contributed by atoms with Crippen molar-refractivity contribution in [3.63, 3.8) is 0 Å². The second-order valence-electron chi connectivity index (χ2n) is 3.87. The number of carboxylic acid groups (broad SMARTS) is 1. The molecule has 2 N–H and O–H groups in total. The average Bonchev–Trinajstić information content (AvgIpc) is 2.19. The van der Waals surface area contributed by atoms with E-state index in [-0.39, 0.29) is 0 Å². The van der Waals surface area contributed by atoms with Gasteiger partial charge in [0.1, 0.15) is 0 Å². The molecule has 1 rings (SSSR count). The number of rotatable bonds is 4. The minimum absolute atomic E-state index is 0.523. The lowest BCUT2D eigenvalue weighted by Gasteiger charge is -2.10. The number of nitrogens with one attached hydrogen (secondary N) is 1. The molecule has 0 saturated carbocycles. The van der Waals surface area contributed by atoms with Crippen LogP contribution in [0, 0.1) is 20.8 Å². The number of aryl methyl sites for hydroxylation is 3. The van der Waals surface area contributed by atoms with Gasteiger partial charge in [0.05, 0.1) is 0 Å². The lowest BCUT2D eigenvalue weighted by atomic mass is 10.1. The predicted octanol–water partition coefficient (Wildman–Crippen LogP) is 2.66. The van der Waals surface area contributed by atoms with Crippen LogP contribution < -0.4 is 5.32 Å². The van der Waals surface area contributed by atoms with Crippen molar-refractivity contribution in [2.45, 2.75) is 20.8 Å². The zero-order chi connectivity index (χ0) is 12.1. The van der Waals surface area contributed by atoms with Crippen molar-refractivity contribution in [3.8, 4) is 0 Å². The number of hydrogen-bond acceptors (Lipinski definition) is 2. The molecule has 1 aromatic rings. The highest BCUT2D eigenvalue weighted by Crippen LogP contribution is 2.19. The van der Waals surface area contributed by atoms with Gasteiger partial charge in [0, 0.05) is 18.3 Å². The van der Waals surface area contributed by atoms with Crippen molar-refractivity contribution >= 4 is 11.7 Å². The molecule has 0 heterocycles. The SMILES string of the molecule is Cc1cc(C)c(NC/C=C/C(=O)O)cc1C. The average molecular weight is 219 g/mol. The second-order valence-corrected chi connectivity index (χ2v) is 3.87. The Balaban J connectivity index is 2.67. The van der Waals surface area contributed by atoms with Crippen LogP contribution in [0.2, 0.25) is 0 Å². The molecule has 3 nitrogen and oxygen atoms in total. The number of carboxylic acids is 1. The highest BCUT2D eigenvalue weighted by Gasteiger charge is 2.00. The lowest BCUT2D eigenvalue weighted by Crippen LogP contribution is -2.02. The van der Waals surface area contributed by atoms with Crippen LogP contribution >= 0.6 is 0 Å². The third-order valence-electron chi connectivity index (χ3n) is 2.51. The fourth-order valence-corrected chi connectivity index (χ4v) is 1.48. The maximum Gasteiger partial charge on any atom is 0.328 e. The quantitative estimate of drug-likeness (QED) is 0.765. The topological polar surface area (TPSA) is 49.3 Å². The van der Waals surface area contributed by atoms with E-state index in [1.54, 1.807) is 6.08 Å². The maximum absolute atomic E-state index is 10.3. The lowest BCUT2D eigenvalue weighted by molar-refractivity contribution is -0.131. The fourth-order valence-electron chi connectivity index (χ4n) is 1.48. The van der Waals surface area contributed by atoms with Gasteiger partial charge in [0.15, 0.2) is 0 Å². The molecule has 16 heavy (non-hydrogen) atoms. The smallest absolute Gasteiger partial charge is 0.328 e.